The molecule has 2 atom stereocenters. The van der Waals surface area contributed by atoms with Crippen LogP contribution in [0.1, 0.15) is 58.8 Å². The Labute approximate surface area is 137 Å². The number of esters is 1. The summed E-state index contributed by atoms with van der Waals surface area (Å²) in [6, 6.07) is 0. The van der Waals surface area contributed by atoms with Gasteiger partial charge in [0.1, 0.15) is 9.15 Å². The average Bonchev–Trinajstić information content (AvgIpc) is 2.42. The molecule has 1 N–H and O–H groups in total. The lowest BCUT2D eigenvalue weighted by Gasteiger charge is -2.28. The molecular weight excluding hydrogens is 392 g/mol. The second kappa shape index (κ2) is 10.6. The summed E-state index contributed by atoms with van der Waals surface area (Å²) in [6.45, 7) is 4.47. The van der Waals surface area contributed by atoms with Gasteiger partial charge in [0.05, 0.1) is 6.61 Å². The molecule has 0 aromatic heterocycles. The number of carboxylic acids is 1. The van der Waals surface area contributed by atoms with Crippen LogP contribution >= 0.6 is 31.9 Å². The molecule has 118 valence electrons. The summed E-state index contributed by atoms with van der Waals surface area (Å²) in [5.74, 6) is -1.56. The van der Waals surface area contributed by atoms with Gasteiger partial charge in [0, 0.05) is 0 Å². The van der Waals surface area contributed by atoms with Crippen LogP contribution in [0.5, 0.6) is 0 Å². The van der Waals surface area contributed by atoms with Crippen molar-refractivity contribution in [2.75, 3.05) is 6.61 Å². The number of alkyl halides is 2. The number of carbonyl (C=O) groups excluding carboxylic acids is 1. The number of rotatable bonds is 11. The Morgan fingerprint density at radius 1 is 1.15 bits per heavy atom. The summed E-state index contributed by atoms with van der Waals surface area (Å²) in [7, 11) is 0. The second-order valence-corrected chi connectivity index (χ2v) is 7.19. The normalized spacial score (nSPS) is 15.4. The first-order valence-electron chi connectivity index (χ1n) is 7.13. The fourth-order valence-corrected chi connectivity index (χ4v) is 2.80. The Bertz CT molecular complexity index is 310. The minimum Gasteiger partial charge on any atom is -0.480 e. The zero-order chi connectivity index (χ0) is 15.6. The molecule has 0 spiro atoms. The Kier molecular flexibility index (Phi) is 10.5. The zero-order valence-electron chi connectivity index (χ0n) is 12.2. The highest BCUT2D eigenvalue weighted by atomic mass is 79.9. The summed E-state index contributed by atoms with van der Waals surface area (Å²) >= 11 is 6.41. The number of carboxylic acid groups (broad SMARTS) is 1. The highest BCUT2D eigenvalue weighted by Crippen LogP contribution is 2.35. The summed E-state index contributed by atoms with van der Waals surface area (Å²) < 4.78 is 4.04. The molecule has 0 heterocycles. The van der Waals surface area contributed by atoms with Gasteiger partial charge in [0.2, 0.25) is 0 Å². The molecule has 0 bridgehead atoms. The number of aliphatic carboxylic acids is 1. The maximum atomic E-state index is 12.2. The molecule has 0 radical (unpaired) electrons. The van der Waals surface area contributed by atoms with Crippen LogP contribution in [0.25, 0.3) is 0 Å². The summed E-state index contributed by atoms with van der Waals surface area (Å²) in [5.41, 5.74) is 0. The minimum absolute atomic E-state index is 0.340. The Hall–Kier alpha value is -0.100. The van der Waals surface area contributed by atoms with Gasteiger partial charge in [-0.1, -0.05) is 77.8 Å². The highest BCUT2D eigenvalue weighted by molar-refractivity contribution is 9.13. The van der Waals surface area contributed by atoms with Gasteiger partial charge >= 0.3 is 11.9 Å². The first-order chi connectivity index (χ1) is 9.40. The summed E-state index contributed by atoms with van der Waals surface area (Å²) in [5, 5.41) is 9.15. The largest absolute Gasteiger partial charge is 0.480 e. The van der Waals surface area contributed by atoms with E-state index in [0.717, 1.165) is 38.5 Å². The molecular formula is C14H24Br2O4. The Morgan fingerprint density at radius 2 is 1.70 bits per heavy atom. The van der Waals surface area contributed by atoms with Gasteiger partial charge < -0.3 is 9.84 Å². The molecule has 0 aromatic carbocycles. The molecule has 0 saturated carbocycles. The van der Waals surface area contributed by atoms with E-state index in [2.05, 4.69) is 45.7 Å². The number of hydrogen-bond donors (Lipinski definition) is 1. The molecule has 0 aliphatic heterocycles. The van der Waals surface area contributed by atoms with Crippen molar-refractivity contribution in [2.45, 2.75) is 67.9 Å². The van der Waals surface area contributed by atoms with E-state index >= 15 is 0 Å². The first kappa shape index (κ1) is 19.9. The molecule has 0 aliphatic rings. The van der Waals surface area contributed by atoms with Crippen molar-refractivity contribution in [1.82, 2.24) is 0 Å². The van der Waals surface area contributed by atoms with E-state index in [1.807, 2.05) is 0 Å². The van der Waals surface area contributed by atoms with Gasteiger partial charge in [0.15, 0.2) is 0 Å². The van der Waals surface area contributed by atoms with E-state index < -0.39 is 21.1 Å². The van der Waals surface area contributed by atoms with Crippen molar-refractivity contribution in [3.05, 3.63) is 0 Å². The van der Waals surface area contributed by atoms with E-state index in [0.29, 0.717) is 13.0 Å². The van der Waals surface area contributed by atoms with Crippen molar-refractivity contribution < 1.29 is 19.4 Å². The van der Waals surface area contributed by atoms with E-state index in [1.165, 1.54) is 0 Å². The fourth-order valence-electron chi connectivity index (χ4n) is 1.80. The SMILES string of the molecule is CCCCCOC(=O)C(Br)(CCCCC)C(Br)C(=O)O. The van der Waals surface area contributed by atoms with Crippen molar-refractivity contribution in [3.8, 4) is 0 Å². The number of unbranched alkanes of at least 4 members (excludes halogenated alkanes) is 4. The molecule has 6 heteroatoms. The van der Waals surface area contributed by atoms with Crippen molar-refractivity contribution in [2.24, 2.45) is 0 Å². The predicted molar refractivity (Wildman–Crippen MR) is 86.6 cm³/mol. The van der Waals surface area contributed by atoms with Crippen molar-refractivity contribution >= 4 is 43.8 Å². The minimum atomic E-state index is -1.19. The van der Waals surface area contributed by atoms with E-state index in [9.17, 15) is 9.59 Å². The molecule has 0 fully saturated rings. The predicted octanol–water partition coefficient (Wildman–Crippen LogP) is 4.28. The molecule has 0 rings (SSSR count). The molecule has 0 aromatic rings. The van der Waals surface area contributed by atoms with Crippen LogP contribution in [-0.4, -0.2) is 32.8 Å². The molecule has 2 unspecified atom stereocenters. The van der Waals surface area contributed by atoms with Crippen LogP contribution < -0.4 is 0 Å². The van der Waals surface area contributed by atoms with Crippen LogP contribution in [0.2, 0.25) is 0 Å². The summed E-state index contributed by atoms with van der Waals surface area (Å²) in [6.07, 6.45) is 6.03. The average molecular weight is 416 g/mol. The zero-order valence-corrected chi connectivity index (χ0v) is 15.3. The van der Waals surface area contributed by atoms with Gasteiger partial charge in [-0.3, -0.25) is 9.59 Å². The Morgan fingerprint density at radius 3 is 2.20 bits per heavy atom. The quantitative estimate of drug-likeness (QED) is 0.310. The summed E-state index contributed by atoms with van der Waals surface area (Å²) in [4.78, 5) is 22.4. The number of carbonyl (C=O) groups is 2. The number of hydrogen-bond acceptors (Lipinski definition) is 3. The first-order valence-corrected chi connectivity index (χ1v) is 8.84. The van der Waals surface area contributed by atoms with Crippen LogP contribution in [0.15, 0.2) is 0 Å². The molecule has 20 heavy (non-hydrogen) atoms. The van der Waals surface area contributed by atoms with Gasteiger partial charge in [-0.25, -0.2) is 0 Å². The lowest BCUT2D eigenvalue weighted by Crippen LogP contribution is -2.46. The van der Waals surface area contributed by atoms with Gasteiger partial charge in [-0.05, 0) is 12.8 Å². The monoisotopic (exact) mass is 414 g/mol. The third-order valence-electron chi connectivity index (χ3n) is 3.08. The maximum absolute atomic E-state index is 12.2. The number of halogens is 2. The van der Waals surface area contributed by atoms with Gasteiger partial charge in [-0.15, -0.1) is 0 Å². The van der Waals surface area contributed by atoms with Crippen LogP contribution in [0.4, 0.5) is 0 Å². The van der Waals surface area contributed by atoms with Crippen molar-refractivity contribution in [3.63, 3.8) is 0 Å². The van der Waals surface area contributed by atoms with Gasteiger partial charge in [-0.2, -0.15) is 0 Å². The third-order valence-corrected chi connectivity index (χ3v) is 6.05. The molecule has 0 amide bonds. The molecule has 0 saturated heterocycles. The third kappa shape index (κ3) is 6.57. The highest BCUT2D eigenvalue weighted by Gasteiger charge is 2.47. The van der Waals surface area contributed by atoms with Crippen LogP contribution in [0, 0.1) is 0 Å². The van der Waals surface area contributed by atoms with E-state index in [-0.39, 0.29) is 0 Å². The lowest BCUT2D eigenvalue weighted by atomic mass is 9.97. The fraction of sp³-hybridized carbons (Fsp3) is 0.857. The Balaban J connectivity index is 4.64. The smallest absolute Gasteiger partial charge is 0.324 e. The second-order valence-electron chi connectivity index (χ2n) is 4.86. The van der Waals surface area contributed by atoms with Crippen LogP contribution in [-0.2, 0) is 14.3 Å². The van der Waals surface area contributed by atoms with Crippen LogP contribution in [0.3, 0.4) is 0 Å². The topological polar surface area (TPSA) is 63.6 Å². The van der Waals surface area contributed by atoms with E-state index in [4.69, 9.17) is 9.84 Å². The standard InChI is InChI=1S/C14H24Br2O4/c1-3-5-7-9-14(16,11(15)12(17)18)13(19)20-10-8-6-4-2/h11H,3-10H2,1-2H3,(H,17,18). The van der Waals surface area contributed by atoms with E-state index in [1.54, 1.807) is 0 Å². The number of ether oxygens (including phenoxy) is 1. The molecule has 4 nitrogen and oxygen atoms in total. The van der Waals surface area contributed by atoms with Gasteiger partial charge in [0.25, 0.3) is 0 Å². The molecule has 0 aliphatic carbocycles. The lowest BCUT2D eigenvalue weighted by molar-refractivity contribution is -0.150. The maximum Gasteiger partial charge on any atom is 0.324 e. The van der Waals surface area contributed by atoms with Crippen molar-refractivity contribution in [1.29, 1.82) is 0 Å².